The molecule has 2 nitrogen and oxygen atoms in total. The van der Waals surface area contributed by atoms with E-state index >= 15 is 0 Å². The van der Waals surface area contributed by atoms with Gasteiger partial charge in [-0.25, -0.2) is 4.39 Å². The lowest BCUT2D eigenvalue weighted by molar-refractivity contribution is -0.0178. The number of halogens is 2. The predicted molar refractivity (Wildman–Crippen MR) is 62.6 cm³/mol. The van der Waals surface area contributed by atoms with Crippen LogP contribution in [0.15, 0.2) is 22.7 Å². The van der Waals surface area contributed by atoms with Crippen molar-refractivity contribution in [3.8, 4) is 0 Å². The second-order valence-corrected chi connectivity index (χ2v) is 5.07. The van der Waals surface area contributed by atoms with Crippen molar-refractivity contribution >= 4 is 15.9 Å². The topological polar surface area (TPSA) is 29.5 Å². The summed E-state index contributed by atoms with van der Waals surface area (Å²) in [4.78, 5) is 0. The molecule has 1 aliphatic heterocycles. The van der Waals surface area contributed by atoms with E-state index in [-0.39, 0.29) is 11.9 Å². The monoisotopic (exact) mass is 288 g/mol. The normalized spacial score (nSPS) is 27.0. The zero-order valence-electron chi connectivity index (χ0n) is 8.99. The highest BCUT2D eigenvalue weighted by Crippen LogP contribution is 2.32. The number of ether oxygens (including phenoxy) is 1. The van der Waals surface area contributed by atoms with Gasteiger partial charge in [-0.2, -0.15) is 0 Å². The van der Waals surface area contributed by atoms with Gasteiger partial charge in [0.1, 0.15) is 11.9 Å². The van der Waals surface area contributed by atoms with Crippen molar-refractivity contribution in [3.05, 3.63) is 34.1 Å². The summed E-state index contributed by atoms with van der Waals surface area (Å²) in [6.07, 6.45) is 0.0937. The van der Waals surface area contributed by atoms with E-state index in [0.29, 0.717) is 22.6 Å². The first-order valence-electron chi connectivity index (χ1n) is 5.34. The molecule has 1 aliphatic rings. The maximum atomic E-state index is 13.1. The molecule has 0 saturated carbocycles. The van der Waals surface area contributed by atoms with E-state index in [1.807, 2.05) is 0 Å². The average Bonchev–Trinajstić information content (AvgIpc) is 2.67. The minimum absolute atomic E-state index is 0.183. The third-order valence-corrected chi connectivity index (χ3v) is 3.65. The SMILES string of the molecule is CC1CCOC1C(O)c1ccc(F)c(Br)c1. The summed E-state index contributed by atoms with van der Waals surface area (Å²) in [5.74, 6) is 0.00941. The molecule has 0 spiro atoms. The third-order valence-electron chi connectivity index (χ3n) is 3.04. The van der Waals surface area contributed by atoms with Crippen molar-refractivity contribution in [1.82, 2.24) is 0 Å². The van der Waals surface area contributed by atoms with Crippen LogP contribution in [0.1, 0.15) is 25.0 Å². The van der Waals surface area contributed by atoms with Crippen LogP contribution < -0.4 is 0 Å². The highest BCUT2D eigenvalue weighted by molar-refractivity contribution is 9.10. The van der Waals surface area contributed by atoms with Crippen molar-refractivity contribution in [2.45, 2.75) is 25.6 Å². The van der Waals surface area contributed by atoms with E-state index in [0.717, 1.165) is 6.42 Å². The van der Waals surface area contributed by atoms with Crippen LogP contribution >= 0.6 is 15.9 Å². The molecule has 0 aliphatic carbocycles. The van der Waals surface area contributed by atoms with Gasteiger partial charge in [0.2, 0.25) is 0 Å². The first-order chi connectivity index (χ1) is 7.59. The summed E-state index contributed by atoms with van der Waals surface area (Å²) < 4.78 is 18.9. The Bertz CT molecular complexity index is 383. The molecule has 3 atom stereocenters. The van der Waals surface area contributed by atoms with E-state index in [4.69, 9.17) is 4.74 Å². The molecule has 1 aromatic carbocycles. The lowest BCUT2D eigenvalue weighted by Gasteiger charge is -2.21. The summed E-state index contributed by atoms with van der Waals surface area (Å²) in [7, 11) is 0. The molecule has 4 heteroatoms. The Kier molecular flexibility index (Phi) is 3.62. The number of aliphatic hydroxyl groups excluding tert-OH is 1. The smallest absolute Gasteiger partial charge is 0.137 e. The minimum atomic E-state index is -0.686. The van der Waals surface area contributed by atoms with E-state index in [1.54, 1.807) is 12.1 Å². The van der Waals surface area contributed by atoms with Crippen LogP contribution in [0.4, 0.5) is 4.39 Å². The van der Waals surface area contributed by atoms with E-state index in [9.17, 15) is 9.50 Å². The summed E-state index contributed by atoms with van der Waals surface area (Å²) in [5.41, 5.74) is 0.687. The van der Waals surface area contributed by atoms with Gasteiger partial charge in [0.15, 0.2) is 0 Å². The summed E-state index contributed by atoms with van der Waals surface area (Å²) in [6.45, 7) is 2.74. The molecular formula is C12H14BrFO2. The number of aliphatic hydroxyl groups is 1. The van der Waals surface area contributed by atoms with Crippen molar-refractivity contribution < 1.29 is 14.2 Å². The zero-order chi connectivity index (χ0) is 11.7. The van der Waals surface area contributed by atoms with Crippen molar-refractivity contribution in [2.24, 2.45) is 5.92 Å². The maximum Gasteiger partial charge on any atom is 0.137 e. The molecule has 0 radical (unpaired) electrons. The van der Waals surface area contributed by atoms with Gasteiger partial charge >= 0.3 is 0 Å². The highest BCUT2D eigenvalue weighted by Gasteiger charge is 2.31. The molecule has 1 aromatic rings. The van der Waals surface area contributed by atoms with Crippen LogP contribution in [-0.4, -0.2) is 17.8 Å². The van der Waals surface area contributed by atoms with Gasteiger partial charge < -0.3 is 9.84 Å². The molecule has 1 heterocycles. The quantitative estimate of drug-likeness (QED) is 0.906. The van der Waals surface area contributed by atoms with Gasteiger partial charge in [0, 0.05) is 6.61 Å². The average molecular weight is 289 g/mol. The van der Waals surface area contributed by atoms with Crippen LogP contribution in [0.25, 0.3) is 0 Å². The lowest BCUT2D eigenvalue weighted by Crippen LogP contribution is -2.23. The Balaban J connectivity index is 2.20. The Morgan fingerprint density at radius 2 is 2.31 bits per heavy atom. The molecule has 1 N–H and O–H groups in total. The Morgan fingerprint density at radius 3 is 2.88 bits per heavy atom. The highest BCUT2D eigenvalue weighted by atomic mass is 79.9. The lowest BCUT2D eigenvalue weighted by atomic mass is 9.95. The Labute approximate surface area is 103 Å². The first-order valence-corrected chi connectivity index (χ1v) is 6.13. The largest absolute Gasteiger partial charge is 0.386 e. The van der Waals surface area contributed by atoms with Crippen molar-refractivity contribution in [2.75, 3.05) is 6.61 Å². The molecule has 16 heavy (non-hydrogen) atoms. The minimum Gasteiger partial charge on any atom is -0.386 e. The number of hydrogen-bond donors (Lipinski definition) is 1. The van der Waals surface area contributed by atoms with E-state index in [1.165, 1.54) is 6.07 Å². The first kappa shape index (κ1) is 12.0. The Morgan fingerprint density at radius 1 is 1.56 bits per heavy atom. The maximum absolute atomic E-state index is 13.1. The molecule has 0 amide bonds. The number of benzene rings is 1. The molecule has 2 rings (SSSR count). The van der Waals surface area contributed by atoms with Gasteiger partial charge in [-0.15, -0.1) is 0 Å². The van der Waals surface area contributed by atoms with Crippen LogP contribution in [0.3, 0.4) is 0 Å². The van der Waals surface area contributed by atoms with Gasteiger partial charge in [-0.05, 0) is 46.0 Å². The van der Waals surface area contributed by atoms with Crippen LogP contribution in [0.5, 0.6) is 0 Å². The van der Waals surface area contributed by atoms with Gasteiger partial charge in [-0.1, -0.05) is 13.0 Å². The van der Waals surface area contributed by atoms with Crippen LogP contribution in [-0.2, 0) is 4.74 Å². The van der Waals surface area contributed by atoms with Crippen molar-refractivity contribution in [1.29, 1.82) is 0 Å². The van der Waals surface area contributed by atoms with E-state index < -0.39 is 6.10 Å². The third kappa shape index (κ3) is 2.29. The summed E-state index contributed by atoms with van der Waals surface area (Å²) in [6, 6.07) is 4.55. The fourth-order valence-corrected chi connectivity index (χ4v) is 2.40. The standard InChI is InChI=1S/C12H14BrFO2/c1-7-4-5-16-12(7)11(15)8-2-3-10(14)9(13)6-8/h2-3,6-7,11-12,15H,4-5H2,1H3. The molecule has 0 aromatic heterocycles. The van der Waals surface area contributed by atoms with Gasteiger partial charge in [0.25, 0.3) is 0 Å². The molecule has 1 fully saturated rings. The molecule has 1 saturated heterocycles. The molecule has 88 valence electrons. The van der Waals surface area contributed by atoms with Crippen molar-refractivity contribution in [3.63, 3.8) is 0 Å². The summed E-state index contributed by atoms with van der Waals surface area (Å²) in [5, 5.41) is 10.1. The van der Waals surface area contributed by atoms with Gasteiger partial charge in [0.05, 0.1) is 10.6 Å². The van der Waals surface area contributed by atoms with Crippen LogP contribution in [0, 0.1) is 11.7 Å². The second kappa shape index (κ2) is 4.82. The predicted octanol–water partition coefficient (Wildman–Crippen LogP) is 3.05. The molecular weight excluding hydrogens is 275 g/mol. The summed E-state index contributed by atoms with van der Waals surface area (Å²) >= 11 is 3.11. The van der Waals surface area contributed by atoms with E-state index in [2.05, 4.69) is 22.9 Å². The molecule has 0 bridgehead atoms. The molecule has 3 unspecified atom stereocenters. The number of hydrogen-bond acceptors (Lipinski definition) is 2. The second-order valence-electron chi connectivity index (χ2n) is 4.22. The fraction of sp³-hybridized carbons (Fsp3) is 0.500. The van der Waals surface area contributed by atoms with Gasteiger partial charge in [-0.3, -0.25) is 0 Å². The fourth-order valence-electron chi connectivity index (χ4n) is 2.01. The van der Waals surface area contributed by atoms with Crippen LogP contribution in [0.2, 0.25) is 0 Å². The zero-order valence-corrected chi connectivity index (χ0v) is 10.6. The number of rotatable bonds is 2. The Hall–Kier alpha value is -0.450.